The largest absolute Gasteiger partial charge is 0.370 e. The molecule has 16 heavy (non-hydrogen) atoms. The molecule has 0 spiro atoms. The van der Waals surface area contributed by atoms with Crippen LogP contribution in [0.1, 0.15) is 16.8 Å². The molecule has 0 unspecified atom stereocenters. The van der Waals surface area contributed by atoms with Crippen LogP contribution in [-0.2, 0) is 4.79 Å². The van der Waals surface area contributed by atoms with E-state index in [2.05, 4.69) is 10.3 Å². The number of aromatic nitrogens is 1. The number of hydrogen-bond donors (Lipinski definition) is 2. The van der Waals surface area contributed by atoms with Crippen LogP contribution in [-0.4, -0.2) is 23.3 Å². The first-order valence-electron chi connectivity index (χ1n) is 4.38. The highest BCUT2D eigenvalue weighted by Crippen LogP contribution is 2.17. The van der Waals surface area contributed by atoms with Crippen molar-refractivity contribution in [3.05, 3.63) is 28.0 Å². The molecule has 0 bridgehead atoms. The minimum absolute atomic E-state index is 0.0716. The van der Waals surface area contributed by atoms with Crippen molar-refractivity contribution in [1.82, 2.24) is 10.3 Å². The highest BCUT2D eigenvalue weighted by atomic mass is 35.5. The Kier molecular flexibility index (Phi) is 4.52. The zero-order valence-corrected chi connectivity index (χ0v) is 9.68. The fourth-order valence-electron chi connectivity index (χ4n) is 0.982. The molecule has 1 aromatic rings. The molecule has 0 aliphatic rings. The van der Waals surface area contributed by atoms with Crippen molar-refractivity contribution in [2.75, 3.05) is 6.54 Å². The maximum Gasteiger partial charge on any atom is 0.252 e. The normalized spacial score (nSPS) is 9.88. The van der Waals surface area contributed by atoms with E-state index in [9.17, 15) is 9.59 Å². The number of carbonyl (C=O) groups excluding carboxylic acids is 2. The number of hydrogen-bond acceptors (Lipinski definition) is 3. The molecular weight excluding hydrogens is 253 g/mol. The summed E-state index contributed by atoms with van der Waals surface area (Å²) in [7, 11) is 0. The van der Waals surface area contributed by atoms with Gasteiger partial charge in [-0.15, -0.1) is 0 Å². The molecule has 0 saturated heterocycles. The van der Waals surface area contributed by atoms with Crippen molar-refractivity contribution in [2.45, 2.75) is 6.42 Å². The Hall–Kier alpha value is -1.33. The summed E-state index contributed by atoms with van der Waals surface area (Å²) in [4.78, 5) is 25.7. The summed E-state index contributed by atoms with van der Waals surface area (Å²) in [6.07, 6.45) is 1.36. The third kappa shape index (κ3) is 3.67. The molecule has 2 amide bonds. The molecule has 1 heterocycles. The van der Waals surface area contributed by atoms with E-state index in [1.807, 2.05) is 0 Å². The van der Waals surface area contributed by atoms with Crippen LogP contribution in [0.4, 0.5) is 0 Å². The number of amides is 2. The van der Waals surface area contributed by atoms with Crippen LogP contribution in [0, 0.1) is 0 Å². The molecule has 0 aromatic carbocycles. The monoisotopic (exact) mass is 261 g/mol. The summed E-state index contributed by atoms with van der Waals surface area (Å²) >= 11 is 11.4. The fourth-order valence-corrected chi connectivity index (χ4v) is 1.33. The van der Waals surface area contributed by atoms with Gasteiger partial charge in [0.05, 0.1) is 10.6 Å². The van der Waals surface area contributed by atoms with Gasteiger partial charge < -0.3 is 11.1 Å². The van der Waals surface area contributed by atoms with E-state index in [1.165, 1.54) is 12.3 Å². The molecule has 0 saturated carbocycles. The molecule has 5 nitrogen and oxygen atoms in total. The van der Waals surface area contributed by atoms with E-state index >= 15 is 0 Å². The second-order valence-corrected chi connectivity index (χ2v) is 3.75. The molecule has 0 aliphatic carbocycles. The Balaban J connectivity index is 2.65. The van der Waals surface area contributed by atoms with Crippen molar-refractivity contribution in [1.29, 1.82) is 0 Å². The summed E-state index contributed by atoms with van der Waals surface area (Å²) < 4.78 is 0. The molecule has 0 fully saturated rings. The maximum absolute atomic E-state index is 11.6. The van der Waals surface area contributed by atoms with E-state index in [4.69, 9.17) is 28.9 Å². The summed E-state index contributed by atoms with van der Waals surface area (Å²) in [6.45, 7) is 0.157. The van der Waals surface area contributed by atoms with Gasteiger partial charge in [0.15, 0.2) is 0 Å². The molecule has 7 heteroatoms. The fraction of sp³-hybridized carbons (Fsp3) is 0.222. The first-order chi connectivity index (χ1) is 7.50. The summed E-state index contributed by atoms with van der Waals surface area (Å²) in [5.41, 5.74) is 5.14. The Morgan fingerprint density at radius 2 is 2.12 bits per heavy atom. The number of carbonyl (C=O) groups is 2. The maximum atomic E-state index is 11.6. The molecule has 3 N–H and O–H groups in total. The number of rotatable bonds is 4. The van der Waals surface area contributed by atoms with Crippen LogP contribution in [0.2, 0.25) is 10.2 Å². The molecule has 1 rings (SSSR count). The molecule has 1 aromatic heterocycles. The van der Waals surface area contributed by atoms with Crippen LogP contribution in [0.25, 0.3) is 0 Å². The van der Waals surface area contributed by atoms with Crippen molar-refractivity contribution in [3.63, 3.8) is 0 Å². The lowest BCUT2D eigenvalue weighted by molar-refractivity contribution is -0.117. The zero-order valence-electron chi connectivity index (χ0n) is 8.17. The summed E-state index contributed by atoms with van der Waals surface area (Å²) in [5.74, 6) is -0.908. The smallest absolute Gasteiger partial charge is 0.252 e. The van der Waals surface area contributed by atoms with E-state index in [0.29, 0.717) is 0 Å². The number of primary amides is 1. The number of halogens is 2. The second-order valence-electron chi connectivity index (χ2n) is 2.96. The minimum Gasteiger partial charge on any atom is -0.370 e. The van der Waals surface area contributed by atoms with E-state index in [-0.39, 0.29) is 28.7 Å². The number of pyridine rings is 1. The number of nitrogens with two attached hydrogens (primary N) is 1. The van der Waals surface area contributed by atoms with Gasteiger partial charge in [-0.25, -0.2) is 4.98 Å². The lowest BCUT2D eigenvalue weighted by Gasteiger charge is -2.05. The summed E-state index contributed by atoms with van der Waals surface area (Å²) in [6, 6.07) is 1.35. The number of nitrogens with one attached hydrogen (secondary N) is 1. The van der Waals surface area contributed by atoms with Gasteiger partial charge in [0.2, 0.25) is 5.91 Å². The van der Waals surface area contributed by atoms with Crippen LogP contribution >= 0.6 is 23.2 Å². The predicted octanol–water partition coefficient (Wildman–Crippen LogP) is 0.994. The van der Waals surface area contributed by atoms with E-state index < -0.39 is 11.8 Å². The van der Waals surface area contributed by atoms with Crippen LogP contribution in [0.5, 0.6) is 0 Å². The van der Waals surface area contributed by atoms with Crippen molar-refractivity contribution in [2.24, 2.45) is 5.73 Å². The van der Waals surface area contributed by atoms with E-state index in [0.717, 1.165) is 0 Å². The standard InChI is InChI=1S/C9H9Cl2N3O2/c10-6-4-14-7(11)3-5(6)9(16)13-2-1-8(12)15/h3-4H,1-2H2,(H2,12,15)(H,13,16). The Morgan fingerprint density at radius 3 is 2.75 bits per heavy atom. The topological polar surface area (TPSA) is 85.1 Å². The Labute approximate surface area is 102 Å². The lowest BCUT2D eigenvalue weighted by atomic mass is 10.2. The number of nitrogens with zero attached hydrogens (tertiary/aromatic N) is 1. The van der Waals surface area contributed by atoms with E-state index in [1.54, 1.807) is 0 Å². The van der Waals surface area contributed by atoms with Gasteiger partial charge in [-0.1, -0.05) is 23.2 Å². The van der Waals surface area contributed by atoms with Crippen molar-refractivity contribution >= 4 is 35.0 Å². The molecular formula is C9H9Cl2N3O2. The second kappa shape index (κ2) is 5.67. The first kappa shape index (κ1) is 12.7. The predicted molar refractivity (Wildman–Crippen MR) is 60.4 cm³/mol. The first-order valence-corrected chi connectivity index (χ1v) is 5.14. The van der Waals surface area contributed by atoms with Crippen molar-refractivity contribution < 1.29 is 9.59 Å². The van der Waals surface area contributed by atoms with Gasteiger partial charge in [0.25, 0.3) is 5.91 Å². The molecule has 86 valence electrons. The van der Waals surface area contributed by atoms with Gasteiger partial charge in [0.1, 0.15) is 5.15 Å². The SMILES string of the molecule is NC(=O)CCNC(=O)c1cc(Cl)ncc1Cl. The van der Waals surface area contributed by atoms with Crippen LogP contribution in [0.3, 0.4) is 0 Å². The third-order valence-electron chi connectivity index (χ3n) is 1.72. The molecule has 0 aliphatic heterocycles. The molecule has 0 atom stereocenters. The van der Waals surface area contributed by atoms with Gasteiger partial charge in [-0.3, -0.25) is 9.59 Å². The summed E-state index contributed by atoms with van der Waals surface area (Å²) in [5, 5.41) is 2.85. The van der Waals surface area contributed by atoms with Crippen LogP contribution < -0.4 is 11.1 Å². The average Bonchev–Trinajstić information content (AvgIpc) is 2.21. The minimum atomic E-state index is -0.487. The van der Waals surface area contributed by atoms with Gasteiger partial charge >= 0.3 is 0 Å². The van der Waals surface area contributed by atoms with Gasteiger partial charge in [-0.05, 0) is 6.07 Å². The highest BCUT2D eigenvalue weighted by Gasteiger charge is 2.11. The van der Waals surface area contributed by atoms with Gasteiger partial charge in [-0.2, -0.15) is 0 Å². The Bertz CT molecular complexity index is 423. The van der Waals surface area contributed by atoms with Gasteiger partial charge in [0, 0.05) is 19.2 Å². The molecule has 0 radical (unpaired) electrons. The van der Waals surface area contributed by atoms with Crippen molar-refractivity contribution in [3.8, 4) is 0 Å². The highest BCUT2D eigenvalue weighted by molar-refractivity contribution is 6.35. The third-order valence-corrected chi connectivity index (χ3v) is 2.23. The average molecular weight is 262 g/mol. The lowest BCUT2D eigenvalue weighted by Crippen LogP contribution is -2.28. The quantitative estimate of drug-likeness (QED) is 0.793. The zero-order chi connectivity index (χ0) is 12.1. The Morgan fingerprint density at radius 1 is 1.44 bits per heavy atom. The van der Waals surface area contributed by atoms with Crippen LogP contribution in [0.15, 0.2) is 12.3 Å².